The van der Waals surface area contributed by atoms with Crippen LogP contribution in [0.15, 0.2) is 30.0 Å². The van der Waals surface area contributed by atoms with Crippen molar-refractivity contribution >= 4 is 11.6 Å². The van der Waals surface area contributed by atoms with Crippen molar-refractivity contribution in [1.29, 1.82) is 5.26 Å². The molecule has 6 nitrogen and oxygen atoms in total. The van der Waals surface area contributed by atoms with Crippen molar-refractivity contribution in [1.82, 2.24) is 5.32 Å². The summed E-state index contributed by atoms with van der Waals surface area (Å²) in [4.78, 5) is 12.2. The summed E-state index contributed by atoms with van der Waals surface area (Å²) in [5.74, 6) is 0.558. The van der Waals surface area contributed by atoms with Gasteiger partial charge in [-0.15, -0.1) is 0 Å². The van der Waals surface area contributed by atoms with Crippen LogP contribution in [0, 0.1) is 11.3 Å². The average Bonchev–Trinajstić information content (AvgIpc) is 2.54. The second kappa shape index (κ2) is 8.57. The van der Waals surface area contributed by atoms with Crippen molar-refractivity contribution < 1.29 is 14.3 Å². The van der Waals surface area contributed by atoms with Gasteiger partial charge in [-0.05, 0) is 25.5 Å². The molecule has 2 N–H and O–H groups in total. The molecule has 6 heteroatoms. The molecule has 0 aliphatic rings. The molecule has 0 heterocycles. The Bertz CT molecular complexity index is 591. The second-order valence-corrected chi connectivity index (χ2v) is 4.67. The monoisotopic (exact) mass is 303 g/mol. The summed E-state index contributed by atoms with van der Waals surface area (Å²) in [5.41, 5.74) is 0.432. The average molecular weight is 303 g/mol. The van der Waals surface area contributed by atoms with Crippen LogP contribution in [0.25, 0.3) is 0 Å². The fourth-order valence-electron chi connectivity index (χ4n) is 1.59. The molecule has 22 heavy (non-hydrogen) atoms. The zero-order valence-electron chi connectivity index (χ0n) is 13.3. The van der Waals surface area contributed by atoms with E-state index < -0.39 is 5.91 Å². The summed E-state index contributed by atoms with van der Waals surface area (Å²) >= 11 is 0. The first-order valence-electron chi connectivity index (χ1n) is 6.95. The maximum absolute atomic E-state index is 12.2. The van der Waals surface area contributed by atoms with Crippen LogP contribution in [0.1, 0.15) is 20.3 Å². The molecule has 1 atom stereocenters. The Morgan fingerprint density at radius 2 is 2.14 bits per heavy atom. The maximum Gasteiger partial charge on any atom is 0.267 e. The highest BCUT2D eigenvalue weighted by atomic mass is 16.5. The number of nitrogens with zero attached hydrogens (tertiary/aromatic N) is 1. The predicted molar refractivity (Wildman–Crippen MR) is 84.8 cm³/mol. The number of anilines is 1. The van der Waals surface area contributed by atoms with Gasteiger partial charge in [-0.25, -0.2) is 0 Å². The van der Waals surface area contributed by atoms with Gasteiger partial charge in [0.05, 0.1) is 19.9 Å². The molecule has 1 rings (SSSR count). The molecule has 0 aromatic heterocycles. The van der Waals surface area contributed by atoms with E-state index in [-0.39, 0.29) is 11.6 Å². The highest BCUT2D eigenvalue weighted by Crippen LogP contribution is 2.29. The fraction of sp³-hybridized carbons (Fsp3) is 0.375. The normalized spacial score (nSPS) is 12.0. The first kappa shape index (κ1) is 17.4. The molecule has 0 bridgehead atoms. The number of nitrogens with one attached hydrogen (secondary N) is 2. The van der Waals surface area contributed by atoms with E-state index >= 15 is 0 Å². The van der Waals surface area contributed by atoms with E-state index in [9.17, 15) is 4.79 Å². The van der Waals surface area contributed by atoms with Gasteiger partial charge in [0.15, 0.2) is 0 Å². The van der Waals surface area contributed by atoms with Crippen molar-refractivity contribution in [2.45, 2.75) is 26.3 Å². The Morgan fingerprint density at radius 3 is 2.68 bits per heavy atom. The summed E-state index contributed by atoms with van der Waals surface area (Å²) in [6.45, 7) is 3.98. The first-order valence-corrected chi connectivity index (χ1v) is 6.95. The van der Waals surface area contributed by atoms with Gasteiger partial charge >= 0.3 is 0 Å². The van der Waals surface area contributed by atoms with E-state index in [1.54, 1.807) is 18.2 Å². The van der Waals surface area contributed by atoms with E-state index in [0.29, 0.717) is 17.2 Å². The Kier molecular flexibility index (Phi) is 6.77. The van der Waals surface area contributed by atoms with Crippen LogP contribution in [-0.2, 0) is 4.79 Å². The minimum Gasteiger partial charge on any atom is -0.497 e. The lowest BCUT2D eigenvalue weighted by atomic mass is 10.2. The van der Waals surface area contributed by atoms with E-state index in [2.05, 4.69) is 10.6 Å². The molecule has 118 valence electrons. The van der Waals surface area contributed by atoms with Crippen LogP contribution >= 0.6 is 0 Å². The lowest BCUT2D eigenvalue weighted by molar-refractivity contribution is -0.112. The number of carbonyl (C=O) groups is 1. The van der Waals surface area contributed by atoms with Crippen molar-refractivity contribution in [2.24, 2.45) is 0 Å². The minimum atomic E-state index is -0.509. The van der Waals surface area contributed by atoms with E-state index in [1.807, 2.05) is 19.9 Å². The molecule has 0 spiro atoms. The van der Waals surface area contributed by atoms with E-state index in [1.165, 1.54) is 20.4 Å². The molecule has 1 amide bonds. The summed E-state index contributed by atoms with van der Waals surface area (Å²) in [6.07, 6.45) is 2.32. The standard InChI is InChI=1S/C16H21N3O3/c1-5-11(2)18-10-12(9-17)16(20)19-14-8-13(21-3)6-7-15(14)22-4/h6-8,10-11,18H,5H2,1-4H3,(H,19,20)/b12-10-. The van der Waals surface area contributed by atoms with Crippen LogP contribution in [0.5, 0.6) is 11.5 Å². The summed E-state index contributed by atoms with van der Waals surface area (Å²) in [6, 6.07) is 7.10. The highest BCUT2D eigenvalue weighted by molar-refractivity contribution is 6.07. The lowest BCUT2D eigenvalue weighted by Crippen LogP contribution is -2.22. The van der Waals surface area contributed by atoms with Crippen LogP contribution in [0.3, 0.4) is 0 Å². The van der Waals surface area contributed by atoms with Crippen molar-refractivity contribution in [2.75, 3.05) is 19.5 Å². The molecule has 0 aliphatic carbocycles. The number of amides is 1. The Labute approximate surface area is 130 Å². The number of hydrogen-bond acceptors (Lipinski definition) is 5. The number of carbonyl (C=O) groups excluding carboxylic acids is 1. The third kappa shape index (κ3) is 4.70. The van der Waals surface area contributed by atoms with Gasteiger partial charge in [-0.1, -0.05) is 6.92 Å². The SMILES string of the molecule is CCC(C)N/C=C(/C#N)C(=O)Nc1cc(OC)ccc1OC. The van der Waals surface area contributed by atoms with Gasteiger partial charge in [-0.2, -0.15) is 5.26 Å². The Hall–Kier alpha value is -2.68. The second-order valence-electron chi connectivity index (χ2n) is 4.67. The molecule has 1 unspecified atom stereocenters. The summed E-state index contributed by atoms with van der Waals surface area (Å²) in [5, 5.41) is 14.8. The van der Waals surface area contributed by atoms with Crippen LogP contribution in [0.2, 0.25) is 0 Å². The van der Waals surface area contributed by atoms with Gasteiger partial charge in [0.25, 0.3) is 5.91 Å². The molecule has 0 aliphatic heterocycles. The number of ether oxygens (including phenoxy) is 2. The minimum absolute atomic E-state index is 0.00910. The van der Waals surface area contributed by atoms with Gasteiger partial charge < -0.3 is 20.1 Å². The van der Waals surface area contributed by atoms with Gasteiger partial charge in [0.2, 0.25) is 0 Å². The number of nitriles is 1. The summed E-state index contributed by atoms with van der Waals surface area (Å²) < 4.78 is 10.3. The number of methoxy groups -OCH3 is 2. The van der Waals surface area contributed by atoms with Crippen molar-refractivity contribution in [3.05, 3.63) is 30.0 Å². The predicted octanol–water partition coefficient (Wildman–Crippen LogP) is 2.44. The van der Waals surface area contributed by atoms with Crippen LogP contribution < -0.4 is 20.1 Å². The Balaban J connectivity index is 2.93. The molecule has 1 aromatic rings. The third-order valence-corrected chi connectivity index (χ3v) is 3.14. The van der Waals surface area contributed by atoms with E-state index in [0.717, 1.165) is 6.42 Å². The van der Waals surface area contributed by atoms with Crippen molar-refractivity contribution in [3.63, 3.8) is 0 Å². The summed E-state index contributed by atoms with van der Waals surface area (Å²) in [7, 11) is 3.03. The topological polar surface area (TPSA) is 83.4 Å². The van der Waals surface area contributed by atoms with E-state index in [4.69, 9.17) is 14.7 Å². The lowest BCUT2D eigenvalue weighted by Gasteiger charge is -2.12. The molecular weight excluding hydrogens is 282 g/mol. The molecule has 0 radical (unpaired) electrons. The van der Waals surface area contributed by atoms with Crippen molar-refractivity contribution in [3.8, 4) is 17.6 Å². The maximum atomic E-state index is 12.2. The molecule has 0 saturated carbocycles. The molecule has 0 fully saturated rings. The fourth-order valence-corrected chi connectivity index (χ4v) is 1.59. The Morgan fingerprint density at radius 1 is 1.41 bits per heavy atom. The number of rotatable bonds is 7. The number of hydrogen-bond donors (Lipinski definition) is 2. The van der Waals surface area contributed by atoms with Crippen LogP contribution in [-0.4, -0.2) is 26.2 Å². The quantitative estimate of drug-likeness (QED) is 0.597. The first-order chi connectivity index (χ1) is 10.5. The molecular formula is C16H21N3O3. The molecule has 0 saturated heterocycles. The zero-order valence-corrected chi connectivity index (χ0v) is 13.3. The largest absolute Gasteiger partial charge is 0.497 e. The zero-order chi connectivity index (χ0) is 16.5. The smallest absolute Gasteiger partial charge is 0.267 e. The van der Waals surface area contributed by atoms with Crippen LogP contribution in [0.4, 0.5) is 5.69 Å². The third-order valence-electron chi connectivity index (χ3n) is 3.14. The number of benzene rings is 1. The molecule has 1 aromatic carbocycles. The highest BCUT2D eigenvalue weighted by Gasteiger charge is 2.13. The van der Waals surface area contributed by atoms with Gasteiger partial charge in [0.1, 0.15) is 23.1 Å². The van der Waals surface area contributed by atoms with Gasteiger partial charge in [-0.3, -0.25) is 4.79 Å². The van der Waals surface area contributed by atoms with Gasteiger partial charge in [0, 0.05) is 18.3 Å².